The number of ether oxygens (including phenoxy) is 2. The highest BCUT2D eigenvalue weighted by Crippen LogP contribution is 2.50. The highest BCUT2D eigenvalue weighted by Gasteiger charge is 2.41. The molecule has 0 radical (unpaired) electrons. The quantitative estimate of drug-likeness (QED) is 0.597. The average Bonchev–Trinajstić information content (AvgIpc) is 3.64. The van der Waals surface area contributed by atoms with Crippen molar-refractivity contribution in [1.29, 1.82) is 0 Å². The molecule has 4 nitrogen and oxygen atoms in total. The van der Waals surface area contributed by atoms with Gasteiger partial charge in [0.05, 0.1) is 19.6 Å². The van der Waals surface area contributed by atoms with Crippen molar-refractivity contribution in [2.45, 2.75) is 38.0 Å². The number of carboxylic acids is 1. The summed E-state index contributed by atoms with van der Waals surface area (Å²) in [7, 11) is 1.31. The van der Waals surface area contributed by atoms with Crippen LogP contribution in [-0.4, -0.2) is 24.8 Å². The maximum Gasteiger partial charge on any atom is 0.306 e. The standard InChI is InChI=1S/C24H26F2O4/c1-13(24(27)28)23(14-6-7-14)15-4-3-5-17(8-15)30-12-16-9-18(16)19-10-21(26)22(29-2)11-20(19)25/h3-5,8,10-11,13-14,16,18,23H,6-7,9,12H2,1-2H3,(H,27,28)/t13-,16+,18-,23?/m0/s1. The molecule has 4 atom stereocenters. The summed E-state index contributed by atoms with van der Waals surface area (Å²) in [5, 5.41) is 9.46. The molecule has 2 saturated carbocycles. The van der Waals surface area contributed by atoms with Crippen molar-refractivity contribution in [1.82, 2.24) is 0 Å². The van der Waals surface area contributed by atoms with Gasteiger partial charge in [-0.2, -0.15) is 0 Å². The Kier molecular flexibility index (Phi) is 5.67. The molecule has 0 heterocycles. The van der Waals surface area contributed by atoms with Crippen LogP contribution in [0.1, 0.15) is 49.1 Å². The lowest BCUT2D eigenvalue weighted by atomic mass is 9.83. The van der Waals surface area contributed by atoms with Crippen molar-refractivity contribution in [3.63, 3.8) is 0 Å². The van der Waals surface area contributed by atoms with Gasteiger partial charge in [-0.15, -0.1) is 0 Å². The van der Waals surface area contributed by atoms with E-state index in [1.54, 1.807) is 6.92 Å². The molecule has 4 rings (SSSR count). The second kappa shape index (κ2) is 8.25. The molecular weight excluding hydrogens is 390 g/mol. The molecule has 2 aliphatic rings. The van der Waals surface area contributed by atoms with Gasteiger partial charge in [0.15, 0.2) is 11.6 Å². The van der Waals surface area contributed by atoms with Gasteiger partial charge in [-0.1, -0.05) is 19.1 Å². The lowest BCUT2D eigenvalue weighted by Gasteiger charge is -2.21. The fourth-order valence-electron chi connectivity index (χ4n) is 4.39. The van der Waals surface area contributed by atoms with E-state index in [4.69, 9.17) is 9.47 Å². The Balaban J connectivity index is 1.40. The minimum absolute atomic E-state index is 0.0175. The number of carbonyl (C=O) groups is 1. The fourth-order valence-corrected chi connectivity index (χ4v) is 4.39. The van der Waals surface area contributed by atoms with Crippen LogP contribution < -0.4 is 9.47 Å². The topological polar surface area (TPSA) is 55.8 Å². The van der Waals surface area contributed by atoms with Gasteiger partial charge in [0.2, 0.25) is 0 Å². The third-order valence-electron chi connectivity index (χ3n) is 6.36. The van der Waals surface area contributed by atoms with Crippen molar-refractivity contribution in [3.8, 4) is 11.5 Å². The van der Waals surface area contributed by atoms with Gasteiger partial charge in [-0.05, 0) is 66.3 Å². The van der Waals surface area contributed by atoms with Crippen molar-refractivity contribution in [2.75, 3.05) is 13.7 Å². The van der Waals surface area contributed by atoms with E-state index >= 15 is 0 Å². The number of hydrogen-bond donors (Lipinski definition) is 1. The number of carboxylic acid groups (broad SMARTS) is 1. The minimum Gasteiger partial charge on any atom is -0.494 e. The molecule has 0 amide bonds. The zero-order chi connectivity index (χ0) is 21.4. The van der Waals surface area contributed by atoms with E-state index < -0.39 is 23.5 Å². The summed E-state index contributed by atoms with van der Waals surface area (Å²) in [6.45, 7) is 2.17. The average molecular weight is 416 g/mol. The van der Waals surface area contributed by atoms with E-state index in [0.717, 1.165) is 30.9 Å². The van der Waals surface area contributed by atoms with Crippen molar-refractivity contribution in [2.24, 2.45) is 17.8 Å². The Morgan fingerprint density at radius 1 is 1.20 bits per heavy atom. The van der Waals surface area contributed by atoms with Crippen LogP contribution in [0, 0.1) is 29.4 Å². The molecule has 2 fully saturated rings. The SMILES string of the molecule is COc1cc(F)c([C@H]2C[C@@H]2COc2cccc(C(C3CC3)[C@H](C)C(=O)O)c2)cc1F. The normalized spacial score (nSPS) is 22.3. The lowest BCUT2D eigenvalue weighted by molar-refractivity contribution is -0.142. The first-order valence-corrected chi connectivity index (χ1v) is 10.4. The van der Waals surface area contributed by atoms with Gasteiger partial charge < -0.3 is 14.6 Å². The maximum absolute atomic E-state index is 14.3. The fraction of sp³-hybridized carbons (Fsp3) is 0.458. The molecule has 0 bridgehead atoms. The second-order valence-corrected chi connectivity index (χ2v) is 8.48. The van der Waals surface area contributed by atoms with Gasteiger partial charge >= 0.3 is 5.97 Å². The van der Waals surface area contributed by atoms with Crippen LogP contribution in [0.2, 0.25) is 0 Å². The molecule has 2 aromatic rings. The minimum atomic E-state index is -0.784. The van der Waals surface area contributed by atoms with Gasteiger partial charge in [0.25, 0.3) is 0 Å². The van der Waals surface area contributed by atoms with Crippen LogP contribution >= 0.6 is 0 Å². The molecule has 2 aromatic carbocycles. The molecule has 0 saturated heterocycles. The van der Waals surface area contributed by atoms with E-state index in [1.165, 1.54) is 13.2 Å². The van der Waals surface area contributed by atoms with Crippen LogP contribution in [0.15, 0.2) is 36.4 Å². The lowest BCUT2D eigenvalue weighted by Crippen LogP contribution is -2.20. The number of rotatable bonds is 9. The number of aliphatic carboxylic acids is 1. The number of benzene rings is 2. The summed E-state index contributed by atoms with van der Waals surface area (Å²) in [6.07, 6.45) is 2.85. The van der Waals surface area contributed by atoms with E-state index in [2.05, 4.69) is 0 Å². The Bertz CT molecular complexity index is 941. The first kappa shape index (κ1) is 20.6. The molecule has 0 aliphatic heterocycles. The zero-order valence-electron chi connectivity index (χ0n) is 17.1. The Hall–Kier alpha value is -2.63. The molecule has 1 N–H and O–H groups in total. The predicted octanol–water partition coefficient (Wildman–Crippen LogP) is 5.37. The highest BCUT2D eigenvalue weighted by atomic mass is 19.1. The van der Waals surface area contributed by atoms with Gasteiger partial charge in [-0.3, -0.25) is 4.79 Å². The van der Waals surface area contributed by atoms with E-state index in [9.17, 15) is 18.7 Å². The summed E-state index contributed by atoms with van der Waals surface area (Å²) in [5.41, 5.74) is 1.35. The van der Waals surface area contributed by atoms with E-state index in [0.29, 0.717) is 23.8 Å². The van der Waals surface area contributed by atoms with Gasteiger partial charge in [0.1, 0.15) is 11.6 Å². The Morgan fingerprint density at radius 2 is 1.97 bits per heavy atom. The summed E-state index contributed by atoms with van der Waals surface area (Å²) >= 11 is 0. The second-order valence-electron chi connectivity index (χ2n) is 8.48. The summed E-state index contributed by atoms with van der Waals surface area (Å²) in [5.74, 6) is -1.23. The Labute approximate surface area is 174 Å². The molecular formula is C24H26F2O4. The van der Waals surface area contributed by atoms with Crippen LogP contribution in [0.3, 0.4) is 0 Å². The molecule has 1 unspecified atom stereocenters. The molecule has 0 spiro atoms. The summed E-state index contributed by atoms with van der Waals surface area (Å²) < 4.78 is 39.0. The summed E-state index contributed by atoms with van der Waals surface area (Å²) in [4.78, 5) is 11.5. The van der Waals surface area contributed by atoms with Crippen LogP contribution in [0.5, 0.6) is 11.5 Å². The third kappa shape index (κ3) is 4.27. The van der Waals surface area contributed by atoms with Crippen molar-refractivity contribution >= 4 is 5.97 Å². The van der Waals surface area contributed by atoms with Crippen molar-refractivity contribution < 1.29 is 28.2 Å². The third-order valence-corrected chi connectivity index (χ3v) is 6.36. The van der Waals surface area contributed by atoms with Crippen LogP contribution in [0.4, 0.5) is 8.78 Å². The zero-order valence-corrected chi connectivity index (χ0v) is 17.1. The van der Waals surface area contributed by atoms with Crippen molar-refractivity contribution in [3.05, 3.63) is 59.2 Å². The van der Waals surface area contributed by atoms with Crippen LogP contribution in [-0.2, 0) is 4.79 Å². The van der Waals surface area contributed by atoms with Gasteiger partial charge in [-0.25, -0.2) is 8.78 Å². The first-order valence-electron chi connectivity index (χ1n) is 10.4. The predicted molar refractivity (Wildman–Crippen MR) is 108 cm³/mol. The van der Waals surface area contributed by atoms with Gasteiger partial charge in [0, 0.05) is 12.0 Å². The number of methoxy groups -OCH3 is 1. The largest absolute Gasteiger partial charge is 0.494 e. The number of hydrogen-bond acceptors (Lipinski definition) is 3. The maximum atomic E-state index is 14.3. The smallest absolute Gasteiger partial charge is 0.306 e. The molecule has 30 heavy (non-hydrogen) atoms. The van der Waals surface area contributed by atoms with E-state index in [-0.39, 0.29) is 23.5 Å². The molecule has 160 valence electrons. The monoisotopic (exact) mass is 416 g/mol. The molecule has 2 aliphatic carbocycles. The first-order chi connectivity index (χ1) is 14.4. The van der Waals surface area contributed by atoms with Crippen LogP contribution in [0.25, 0.3) is 0 Å². The Morgan fingerprint density at radius 3 is 2.63 bits per heavy atom. The molecule has 0 aromatic heterocycles. The van der Waals surface area contributed by atoms with E-state index in [1.807, 2.05) is 24.3 Å². The molecule has 6 heteroatoms. The summed E-state index contributed by atoms with van der Waals surface area (Å²) in [6, 6.07) is 9.93. The number of halogens is 2. The highest BCUT2D eigenvalue weighted by molar-refractivity contribution is 5.71.